The maximum Gasteiger partial charge on any atom is 0.185 e. The fourth-order valence-electron chi connectivity index (χ4n) is 2.15. The summed E-state index contributed by atoms with van der Waals surface area (Å²) in [7, 11) is 1.71. The van der Waals surface area contributed by atoms with Crippen LogP contribution in [0.15, 0.2) is 30.5 Å². The molecule has 2 aromatic rings. The van der Waals surface area contributed by atoms with Crippen LogP contribution in [0.5, 0.6) is 0 Å². The molecular formula is C16H23N3OS. The zero-order valence-electron chi connectivity index (χ0n) is 12.9. The molecule has 0 aliphatic rings. The molecule has 1 N–H and O–H groups in total. The number of methoxy groups -OCH3 is 1. The normalized spacial score (nSPS) is 10.6. The van der Waals surface area contributed by atoms with Gasteiger partial charge in [0.15, 0.2) is 5.13 Å². The topological polar surface area (TPSA) is 37.4 Å². The lowest BCUT2D eigenvalue weighted by atomic mass is 10.2. The molecule has 114 valence electrons. The summed E-state index contributed by atoms with van der Waals surface area (Å²) in [5.41, 5.74) is 2.29. The van der Waals surface area contributed by atoms with Crippen LogP contribution in [0, 0.1) is 0 Å². The van der Waals surface area contributed by atoms with Crippen LogP contribution in [-0.2, 0) is 17.9 Å². The number of anilines is 2. The molecule has 0 saturated carbocycles. The van der Waals surface area contributed by atoms with Crippen molar-refractivity contribution in [3.8, 4) is 0 Å². The lowest BCUT2D eigenvalue weighted by Gasteiger charge is -2.16. The lowest BCUT2D eigenvalue weighted by Crippen LogP contribution is -2.21. The van der Waals surface area contributed by atoms with Crippen LogP contribution in [0.4, 0.5) is 10.8 Å². The third-order valence-corrected chi connectivity index (χ3v) is 4.34. The number of nitrogens with one attached hydrogen (secondary N) is 1. The first kappa shape index (κ1) is 15.8. The van der Waals surface area contributed by atoms with Gasteiger partial charge < -0.3 is 15.0 Å². The van der Waals surface area contributed by atoms with E-state index in [0.29, 0.717) is 6.61 Å². The van der Waals surface area contributed by atoms with Crippen molar-refractivity contribution in [1.82, 2.24) is 4.98 Å². The van der Waals surface area contributed by atoms with E-state index in [1.165, 1.54) is 10.4 Å². The van der Waals surface area contributed by atoms with Gasteiger partial charge in [-0.25, -0.2) is 4.98 Å². The van der Waals surface area contributed by atoms with Crippen LogP contribution in [0.2, 0.25) is 0 Å². The van der Waals surface area contributed by atoms with Crippen LogP contribution in [0.25, 0.3) is 0 Å². The molecule has 0 spiro atoms. The number of thiazole rings is 1. The van der Waals surface area contributed by atoms with Crippen molar-refractivity contribution in [2.45, 2.75) is 27.0 Å². The summed E-state index contributed by atoms with van der Waals surface area (Å²) in [5, 5.41) is 4.55. The Kier molecular flexibility index (Phi) is 6.02. The average molecular weight is 305 g/mol. The lowest BCUT2D eigenvalue weighted by molar-refractivity contribution is 0.185. The van der Waals surface area contributed by atoms with Crippen molar-refractivity contribution in [2.24, 2.45) is 0 Å². The SMILES string of the molecule is CCN(CC)c1ncc(CNc2cccc(COC)c2)s1. The Balaban J connectivity index is 1.95. The number of rotatable bonds is 8. The van der Waals surface area contributed by atoms with Gasteiger partial charge in [0.2, 0.25) is 0 Å². The number of hydrogen-bond donors (Lipinski definition) is 1. The summed E-state index contributed by atoms with van der Waals surface area (Å²) < 4.78 is 5.16. The molecule has 0 aliphatic heterocycles. The highest BCUT2D eigenvalue weighted by molar-refractivity contribution is 7.15. The van der Waals surface area contributed by atoms with E-state index < -0.39 is 0 Å². The zero-order valence-corrected chi connectivity index (χ0v) is 13.7. The molecule has 21 heavy (non-hydrogen) atoms. The van der Waals surface area contributed by atoms with Gasteiger partial charge in [0.05, 0.1) is 13.2 Å². The van der Waals surface area contributed by atoms with Gasteiger partial charge in [0, 0.05) is 37.0 Å². The van der Waals surface area contributed by atoms with Crippen LogP contribution in [0.3, 0.4) is 0 Å². The van der Waals surface area contributed by atoms with Crippen molar-refractivity contribution in [1.29, 1.82) is 0 Å². The van der Waals surface area contributed by atoms with Crippen molar-refractivity contribution < 1.29 is 4.74 Å². The zero-order chi connectivity index (χ0) is 15.1. The van der Waals surface area contributed by atoms with Crippen molar-refractivity contribution in [3.63, 3.8) is 0 Å². The Morgan fingerprint density at radius 3 is 2.81 bits per heavy atom. The molecule has 2 rings (SSSR count). The van der Waals surface area contributed by atoms with Crippen molar-refractivity contribution >= 4 is 22.2 Å². The monoisotopic (exact) mass is 305 g/mol. The molecule has 1 aromatic carbocycles. The van der Waals surface area contributed by atoms with E-state index in [4.69, 9.17) is 4.74 Å². The molecule has 1 heterocycles. The first-order valence-corrected chi connectivity index (χ1v) is 8.09. The minimum absolute atomic E-state index is 0.641. The predicted octanol–water partition coefficient (Wildman–Crippen LogP) is 3.75. The van der Waals surface area contributed by atoms with E-state index in [-0.39, 0.29) is 0 Å². The molecule has 4 nitrogen and oxygen atoms in total. The third-order valence-electron chi connectivity index (χ3n) is 3.28. The second-order valence-electron chi connectivity index (χ2n) is 4.77. The summed E-state index contributed by atoms with van der Waals surface area (Å²) >= 11 is 1.75. The summed E-state index contributed by atoms with van der Waals surface area (Å²) in [6.45, 7) is 7.75. The fourth-order valence-corrected chi connectivity index (χ4v) is 3.12. The quantitative estimate of drug-likeness (QED) is 0.806. The number of aromatic nitrogens is 1. The van der Waals surface area contributed by atoms with Gasteiger partial charge >= 0.3 is 0 Å². The standard InChI is InChI=1S/C16H23N3OS/c1-4-19(5-2)16-18-11-15(21-16)10-17-14-8-6-7-13(9-14)12-20-3/h6-9,11,17H,4-5,10,12H2,1-3H3. The van der Waals surface area contributed by atoms with Gasteiger partial charge in [0.25, 0.3) is 0 Å². The van der Waals surface area contributed by atoms with Gasteiger partial charge in [0.1, 0.15) is 0 Å². The maximum atomic E-state index is 5.16. The maximum absolute atomic E-state index is 5.16. The second kappa shape index (κ2) is 8.00. The Hall–Kier alpha value is -1.59. The molecule has 0 aliphatic carbocycles. The molecule has 0 saturated heterocycles. The summed E-state index contributed by atoms with van der Waals surface area (Å²) in [6.07, 6.45) is 1.96. The van der Waals surface area contributed by atoms with Gasteiger partial charge in [-0.2, -0.15) is 0 Å². The van der Waals surface area contributed by atoms with Crippen LogP contribution < -0.4 is 10.2 Å². The number of hydrogen-bond acceptors (Lipinski definition) is 5. The molecule has 0 amide bonds. The van der Waals surface area contributed by atoms with Gasteiger partial charge in [-0.15, -0.1) is 11.3 Å². The number of benzene rings is 1. The van der Waals surface area contributed by atoms with E-state index in [1.54, 1.807) is 18.4 Å². The van der Waals surface area contributed by atoms with Crippen LogP contribution in [-0.4, -0.2) is 25.2 Å². The highest BCUT2D eigenvalue weighted by Gasteiger charge is 2.07. The molecule has 0 unspecified atom stereocenters. The van der Waals surface area contributed by atoms with E-state index >= 15 is 0 Å². The Bertz CT molecular complexity index is 552. The molecular weight excluding hydrogens is 282 g/mol. The number of nitrogens with zero attached hydrogens (tertiary/aromatic N) is 2. The molecule has 0 bridgehead atoms. The second-order valence-corrected chi connectivity index (χ2v) is 5.86. The first-order chi connectivity index (χ1) is 10.3. The largest absolute Gasteiger partial charge is 0.380 e. The molecule has 0 fully saturated rings. The fraction of sp³-hybridized carbons (Fsp3) is 0.438. The average Bonchev–Trinajstić information content (AvgIpc) is 2.96. The minimum Gasteiger partial charge on any atom is -0.380 e. The minimum atomic E-state index is 0.641. The van der Waals surface area contributed by atoms with Gasteiger partial charge in [-0.1, -0.05) is 12.1 Å². The van der Waals surface area contributed by atoms with Gasteiger partial charge in [-0.05, 0) is 31.5 Å². The van der Waals surface area contributed by atoms with Crippen molar-refractivity contribution in [2.75, 3.05) is 30.4 Å². The highest BCUT2D eigenvalue weighted by Crippen LogP contribution is 2.23. The Labute approximate surface area is 130 Å². The molecule has 5 heteroatoms. The van der Waals surface area contributed by atoms with Crippen LogP contribution in [0.1, 0.15) is 24.3 Å². The first-order valence-electron chi connectivity index (χ1n) is 7.28. The van der Waals surface area contributed by atoms with E-state index in [0.717, 1.165) is 30.5 Å². The summed E-state index contributed by atoms with van der Waals surface area (Å²) in [5.74, 6) is 0. The Morgan fingerprint density at radius 2 is 2.10 bits per heavy atom. The van der Waals surface area contributed by atoms with E-state index in [1.807, 2.05) is 12.3 Å². The molecule has 0 radical (unpaired) electrons. The molecule has 0 atom stereocenters. The van der Waals surface area contributed by atoms with E-state index in [2.05, 4.69) is 47.2 Å². The van der Waals surface area contributed by atoms with Crippen molar-refractivity contribution in [3.05, 3.63) is 40.9 Å². The highest BCUT2D eigenvalue weighted by atomic mass is 32.1. The van der Waals surface area contributed by atoms with Crippen LogP contribution >= 0.6 is 11.3 Å². The summed E-state index contributed by atoms with van der Waals surface area (Å²) in [4.78, 5) is 8.02. The smallest absolute Gasteiger partial charge is 0.185 e. The Morgan fingerprint density at radius 1 is 1.29 bits per heavy atom. The van der Waals surface area contributed by atoms with Gasteiger partial charge in [-0.3, -0.25) is 0 Å². The molecule has 1 aromatic heterocycles. The third kappa shape index (κ3) is 4.44. The summed E-state index contributed by atoms with van der Waals surface area (Å²) in [6, 6.07) is 8.31. The number of ether oxygens (including phenoxy) is 1. The van der Waals surface area contributed by atoms with E-state index in [9.17, 15) is 0 Å². The predicted molar refractivity (Wildman–Crippen MR) is 90.2 cm³/mol.